The summed E-state index contributed by atoms with van der Waals surface area (Å²) in [5, 5.41) is 0. The van der Waals surface area contributed by atoms with Crippen LogP contribution in [0.1, 0.15) is 37.7 Å². The van der Waals surface area contributed by atoms with Gasteiger partial charge in [0.1, 0.15) is 0 Å². The molecular formula is C17H26N2. The number of benzene rings is 1. The highest BCUT2D eigenvalue weighted by Crippen LogP contribution is 2.27. The molecule has 2 heteroatoms. The minimum absolute atomic E-state index is 0.839. The van der Waals surface area contributed by atoms with Gasteiger partial charge in [-0.05, 0) is 37.9 Å². The Bertz CT molecular complexity index is 409. The van der Waals surface area contributed by atoms with Gasteiger partial charge < -0.3 is 9.80 Å². The predicted octanol–water partition coefficient (Wildman–Crippen LogP) is 3.31. The first-order valence-electron chi connectivity index (χ1n) is 7.88. The molecule has 1 heterocycles. The van der Waals surface area contributed by atoms with Crippen molar-refractivity contribution in [1.29, 1.82) is 0 Å². The average Bonchev–Trinajstić information content (AvgIpc) is 2.89. The van der Waals surface area contributed by atoms with Gasteiger partial charge in [0.2, 0.25) is 0 Å². The molecule has 0 atom stereocenters. The summed E-state index contributed by atoms with van der Waals surface area (Å²) < 4.78 is 0. The molecule has 19 heavy (non-hydrogen) atoms. The molecule has 1 fully saturated rings. The van der Waals surface area contributed by atoms with Crippen LogP contribution in [-0.4, -0.2) is 37.6 Å². The summed E-state index contributed by atoms with van der Waals surface area (Å²) in [4.78, 5) is 5.16. The smallest absolute Gasteiger partial charge is 0.0399 e. The molecule has 0 saturated heterocycles. The second kappa shape index (κ2) is 5.96. The van der Waals surface area contributed by atoms with Crippen molar-refractivity contribution in [3.05, 3.63) is 29.8 Å². The minimum Gasteiger partial charge on any atom is -0.370 e. The van der Waals surface area contributed by atoms with Gasteiger partial charge in [-0.2, -0.15) is 0 Å². The zero-order valence-electron chi connectivity index (χ0n) is 12.1. The normalized spacial score (nSPS) is 20.0. The molecule has 2 aliphatic rings. The first kappa shape index (κ1) is 13.0. The lowest BCUT2D eigenvalue weighted by Gasteiger charge is -2.32. The topological polar surface area (TPSA) is 6.48 Å². The third-order valence-corrected chi connectivity index (χ3v) is 4.90. The van der Waals surface area contributed by atoms with Crippen molar-refractivity contribution < 1.29 is 0 Å². The molecule has 0 aromatic heterocycles. The van der Waals surface area contributed by atoms with Crippen molar-refractivity contribution in [3.8, 4) is 0 Å². The third kappa shape index (κ3) is 2.94. The van der Waals surface area contributed by atoms with E-state index in [0.717, 1.165) is 6.04 Å². The van der Waals surface area contributed by atoms with Gasteiger partial charge in [0, 0.05) is 31.4 Å². The average molecular weight is 258 g/mol. The molecule has 1 saturated carbocycles. The Hall–Kier alpha value is -1.02. The minimum atomic E-state index is 0.839. The Morgan fingerprint density at radius 3 is 2.79 bits per heavy atom. The predicted molar refractivity (Wildman–Crippen MR) is 81.9 cm³/mol. The summed E-state index contributed by atoms with van der Waals surface area (Å²) in [6.07, 6.45) is 8.36. The molecule has 104 valence electrons. The van der Waals surface area contributed by atoms with Crippen LogP contribution in [0.15, 0.2) is 24.3 Å². The van der Waals surface area contributed by atoms with Crippen LogP contribution < -0.4 is 4.90 Å². The van der Waals surface area contributed by atoms with Gasteiger partial charge in [-0.15, -0.1) is 0 Å². The summed E-state index contributed by atoms with van der Waals surface area (Å²) in [6.45, 7) is 3.60. The zero-order chi connectivity index (χ0) is 13.1. The van der Waals surface area contributed by atoms with Crippen molar-refractivity contribution >= 4 is 5.69 Å². The summed E-state index contributed by atoms with van der Waals surface area (Å²) in [7, 11) is 2.32. The zero-order valence-corrected chi connectivity index (χ0v) is 12.1. The Balaban J connectivity index is 1.52. The molecule has 2 nitrogen and oxygen atoms in total. The molecule has 1 aliphatic heterocycles. The van der Waals surface area contributed by atoms with Crippen LogP contribution in [0.4, 0.5) is 5.69 Å². The summed E-state index contributed by atoms with van der Waals surface area (Å²) >= 11 is 0. The number of nitrogens with zero attached hydrogens (tertiary/aromatic N) is 2. The van der Waals surface area contributed by atoms with E-state index in [1.807, 2.05) is 0 Å². The highest BCUT2D eigenvalue weighted by molar-refractivity contribution is 5.57. The van der Waals surface area contributed by atoms with Crippen molar-refractivity contribution in [2.75, 3.05) is 31.6 Å². The van der Waals surface area contributed by atoms with E-state index in [2.05, 4.69) is 41.1 Å². The highest BCUT2D eigenvalue weighted by atomic mass is 15.2. The fraction of sp³-hybridized carbons (Fsp3) is 0.647. The second-order valence-corrected chi connectivity index (χ2v) is 6.14. The molecule has 0 radical (unpaired) electrons. The third-order valence-electron chi connectivity index (χ3n) is 4.90. The van der Waals surface area contributed by atoms with E-state index in [1.54, 1.807) is 0 Å². The van der Waals surface area contributed by atoms with Crippen LogP contribution in [0, 0.1) is 0 Å². The second-order valence-electron chi connectivity index (χ2n) is 6.14. The number of fused-ring (bicyclic) bond motifs is 1. The van der Waals surface area contributed by atoms with Crippen LogP contribution in [0.2, 0.25) is 0 Å². The van der Waals surface area contributed by atoms with E-state index < -0.39 is 0 Å². The first-order valence-corrected chi connectivity index (χ1v) is 7.88. The fourth-order valence-electron chi connectivity index (χ4n) is 3.62. The van der Waals surface area contributed by atoms with E-state index in [-0.39, 0.29) is 0 Å². The van der Waals surface area contributed by atoms with Gasteiger partial charge in [0.05, 0.1) is 0 Å². The molecule has 0 spiro atoms. The van der Waals surface area contributed by atoms with E-state index in [4.69, 9.17) is 0 Å². The summed E-state index contributed by atoms with van der Waals surface area (Å²) in [5.41, 5.74) is 3.00. The quantitative estimate of drug-likeness (QED) is 0.817. The number of anilines is 1. The number of hydrogen-bond donors (Lipinski definition) is 0. The summed E-state index contributed by atoms with van der Waals surface area (Å²) in [6, 6.07) is 9.73. The summed E-state index contributed by atoms with van der Waals surface area (Å²) in [5.74, 6) is 0. The highest BCUT2D eigenvalue weighted by Gasteiger charge is 2.21. The molecule has 3 rings (SSSR count). The SMILES string of the molecule is CN(CCN1CCc2ccccc21)C1CCCCC1. The molecule has 0 N–H and O–H groups in total. The lowest BCUT2D eigenvalue weighted by molar-refractivity contribution is 0.195. The number of rotatable bonds is 4. The molecule has 1 aromatic rings. The molecule has 1 aromatic carbocycles. The maximum absolute atomic E-state index is 2.60. The number of para-hydroxylation sites is 1. The van der Waals surface area contributed by atoms with Crippen LogP contribution in [-0.2, 0) is 6.42 Å². The lowest BCUT2D eigenvalue weighted by atomic mass is 9.94. The monoisotopic (exact) mass is 258 g/mol. The van der Waals surface area contributed by atoms with E-state index >= 15 is 0 Å². The van der Waals surface area contributed by atoms with Gasteiger partial charge in [0.25, 0.3) is 0 Å². The van der Waals surface area contributed by atoms with Gasteiger partial charge in [-0.25, -0.2) is 0 Å². The van der Waals surface area contributed by atoms with E-state index in [9.17, 15) is 0 Å². The Morgan fingerprint density at radius 1 is 1.16 bits per heavy atom. The lowest BCUT2D eigenvalue weighted by Crippen LogP contribution is -2.39. The maximum atomic E-state index is 2.60. The molecular weight excluding hydrogens is 232 g/mol. The Labute approximate surface area is 117 Å². The van der Waals surface area contributed by atoms with Gasteiger partial charge in [-0.3, -0.25) is 0 Å². The van der Waals surface area contributed by atoms with E-state index in [1.165, 1.54) is 69.4 Å². The van der Waals surface area contributed by atoms with Crippen LogP contribution in [0.25, 0.3) is 0 Å². The molecule has 0 unspecified atom stereocenters. The Morgan fingerprint density at radius 2 is 1.95 bits per heavy atom. The Kier molecular flexibility index (Phi) is 4.07. The van der Waals surface area contributed by atoms with Crippen LogP contribution in [0.5, 0.6) is 0 Å². The molecule has 0 amide bonds. The van der Waals surface area contributed by atoms with Crippen molar-refractivity contribution in [1.82, 2.24) is 4.90 Å². The standard InChI is InChI=1S/C17H26N2/c1-18(16-8-3-2-4-9-16)13-14-19-12-11-15-7-5-6-10-17(15)19/h5-7,10,16H,2-4,8-9,11-14H2,1H3. The van der Waals surface area contributed by atoms with Gasteiger partial charge in [0.15, 0.2) is 0 Å². The molecule has 0 bridgehead atoms. The number of hydrogen-bond acceptors (Lipinski definition) is 2. The van der Waals surface area contributed by atoms with E-state index in [0.29, 0.717) is 0 Å². The fourth-order valence-corrected chi connectivity index (χ4v) is 3.62. The number of likely N-dealkylation sites (N-methyl/N-ethyl adjacent to an activating group) is 1. The van der Waals surface area contributed by atoms with Crippen LogP contribution in [0.3, 0.4) is 0 Å². The van der Waals surface area contributed by atoms with Gasteiger partial charge >= 0.3 is 0 Å². The van der Waals surface area contributed by atoms with Crippen molar-refractivity contribution in [2.24, 2.45) is 0 Å². The molecule has 1 aliphatic carbocycles. The van der Waals surface area contributed by atoms with Gasteiger partial charge in [-0.1, -0.05) is 37.5 Å². The van der Waals surface area contributed by atoms with Crippen molar-refractivity contribution in [2.45, 2.75) is 44.6 Å². The largest absolute Gasteiger partial charge is 0.370 e. The van der Waals surface area contributed by atoms with Crippen LogP contribution >= 0.6 is 0 Å². The first-order chi connectivity index (χ1) is 9.34. The maximum Gasteiger partial charge on any atom is 0.0399 e. The van der Waals surface area contributed by atoms with Crippen molar-refractivity contribution in [3.63, 3.8) is 0 Å².